The first-order valence-electron chi connectivity index (χ1n) is 10.7. The van der Waals surface area contributed by atoms with Crippen molar-refractivity contribution in [3.8, 4) is 0 Å². The molecule has 0 bridgehead atoms. The first kappa shape index (κ1) is 21.1. The molecule has 0 aromatic heterocycles. The predicted molar refractivity (Wildman–Crippen MR) is 114 cm³/mol. The molecule has 29 heavy (non-hydrogen) atoms. The highest BCUT2D eigenvalue weighted by atomic mass is 16.2. The molecule has 0 unspecified atom stereocenters. The number of amides is 2. The largest absolute Gasteiger partial charge is 0.348 e. The second kappa shape index (κ2) is 10.2. The molecule has 1 saturated heterocycles. The van der Waals surface area contributed by atoms with E-state index in [1.165, 1.54) is 16.0 Å². The molecule has 1 aliphatic rings. The van der Waals surface area contributed by atoms with Crippen molar-refractivity contribution in [1.82, 2.24) is 10.2 Å². The maximum Gasteiger partial charge on any atom is 0.251 e. The summed E-state index contributed by atoms with van der Waals surface area (Å²) < 4.78 is 0. The quantitative estimate of drug-likeness (QED) is 0.685. The van der Waals surface area contributed by atoms with E-state index in [1.807, 2.05) is 35.2 Å². The van der Waals surface area contributed by atoms with Crippen LogP contribution in [-0.2, 0) is 24.4 Å². The van der Waals surface area contributed by atoms with Gasteiger partial charge >= 0.3 is 0 Å². The molecule has 0 radical (unpaired) electrons. The van der Waals surface area contributed by atoms with Crippen LogP contribution in [-0.4, -0.2) is 36.3 Å². The minimum Gasteiger partial charge on any atom is -0.348 e. The number of benzene rings is 2. The Morgan fingerprint density at radius 3 is 2.52 bits per heavy atom. The van der Waals surface area contributed by atoms with E-state index in [9.17, 15) is 9.59 Å². The molecule has 2 aromatic carbocycles. The molecule has 0 saturated carbocycles. The molecule has 0 spiro atoms. The van der Waals surface area contributed by atoms with E-state index in [0.29, 0.717) is 25.1 Å². The van der Waals surface area contributed by atoms with E-state index in [0.717, 1.165) is 38.2 Å². The van der Waals surface area contributed by atoms with Crippen molar-refractivity contribution in [2.45, 2.75) is 46.3 Å². The summed E-state index contributed by atoms with van der Waals surface area (Å²) in [5, 5.41) is 3.07. The minimum absolute atomic E-state index is 0.0791. The number of likely N-dealkylation sites (tertiary alicyclic amines) is 1. The lowest BCUT2D eigenvalue weighted by atomic mass is 10.1. The first-order chi connectivity index (χ1) is 14.1. The number of quaternary nitrogens is 1. The van der Waals surface area contributed by atoms with Crippen LogP contribution in [0.1, 0.15) is 53.7 Å². The smallest absolute Gasteiger partial charge is 0.251 e. The summed E-state index contributed by atoms with van der Waals surface area (Å²) in [6.07, 6.45) is 1.56. The van der Waals surface area contributed by atoms with Crippen molar-refractivity contribution in [3.63, 3.8) is 0 Å². The number of hydrogen-bond donors (Lipinski definition) is 2. The molecular weight excluding hydrogens is 362 g/mol. The van der Waals surface area contributed by atoms with Crippen molar-refractivity contribution in [1.29, 1.82) is 0 Å². The van der Waals surface area contributed by atoms with Gasteiger partial charge < -0.3 is 15.1 Å². The second-order valence-electron chi connectivity index (χ2n) is 7.70. The zero-order chi connectivity index (χ0) is 20.6. The van der Waals surface area contributed by atoms with Crippen LogP contribution in [0.4, 0.5) is 0 Å². The Morgan fingerprint density at radius 1 is 1.07 bits per heavy atom. The van der Waals surface area contributed by atoms with Gasteiger partial charge in [0, 0.05) is 37.2 Å². The Kier molecular flexibility index (Phi) is 7.42. The highest BCUT2D eigenvalue weighted by Crippen LogP contribution is 2.15. The third-order valence-electron chi connectivity index (χ3n) is 5.73. The molecule has 1 heterocycles. The third kappa shape index (κ3) is 5.67. The van der Waals surface area contributed by atoms with Gasteiger partial charge in [-0.3, -0.25) is 9.59 Å². The molecule has 3 rings (SSSR count). The topological polar surface area (TPSA) is 53.9 Å². The van der Waals surface area contributed by atoms with Gasteiger partial charge in [-0.25, -0.2) is 0 Å². The Bertz CT molecular complexity index is 846. The highest BCUT2D eigenvalue weighted by molar-refractivity contribution is 5.94. The Hall–Kier alpha value is -2.66. The molecular formula is C24H32N3O2+. The number of carbonyl (C=O) groups excluding carboxylic acids is 2. The zero-order valence-corrected chi connectivity index (χ0v) is 17.5. The molecule has 0 atom stereocenters. The molecule has 5 nitrogen and oxygen atoms in total. The maximum atomic E-state index is 12.7. The Morgan fingerprint density at radius 2 is 1.83 bits per heavy atom. The van der Waals surface area contributed by atoms with E-state index in [1.54, 1.807) is 0 Å². The van der Waals surface area contributed by atoms with Gasteiger partial charge in [-0.2, -0.15) is 0 Å². The zero-order valence-electron chi connectivity index (χ0n) is 17.5. The van der Waals surface area contributed by atoms with Crippen LogP contribution in [0.15, 0.2) is 48.5 Å². The summed E-state index contributed by atoms with van der Waals surface area (Å²) in [7, 11) is 0. The minimum atomic E-state index is -0.0791. The van der Waals surface area contributed by atoms with Crippen LogP contribution < -0.4 is 10.2 Å². The van der Waals surface area contributed by atoms with Gasteiger partial charge in [0.25, 0.3) is 5.91 Å². The van der Waals surface area contributed by atoms with E-state index < -0.39 is 0 Å². The summed E-state index contributed by atoms with van der Waals surface area (Å²) in [5.41, 5.74) is 4.09. The van der Waals surface area contributed by atoms with Crippen LogP contribution in [0.5, 0.6) is 0 Å². The lowest BCUT2D eigenvalue weighted by Gasteiger charge is -2.18. The molecule has 5 heteroatoms. The standard InChI is InChI=1S/C24H31N3O2/c1-3-26(4-2)18-22-11-6-5-10-21(22)16-25-24(29)20-12-7-9-19(15-20)17-27-14-8-13-23(27)28/h5-7,9-12,15H,3-4,8,13-14,16-18H2,1-2H3,(H,25,29)/p+1. The number of carbonyl (C=O) groups is 2. The van der Waals surface area contributed by atoms with E-state index >= 15 is 0 Å². The van der Waals surface area contributed by atoms with Crippen molar-refractivity contribution in [2.75, 3.05) is 19.6 Å². The lowest BCUT2D eigenvalue weighted by Crippen LogP contribution is -3.10. The van der Waals surface area contributed by atoms with Crippen LogP contribution in [0.3, 0.4) is 0 Å². The van der Waals surface area contributed by atoms with Gasteiger partial charge in [-0.05, 0) is 43.5 Å². The predicted octanol–water partition coefficient (Wildman–Crippen LogP) is 2.16. The molecule has 2 N–H and O–H groups in total. The average molecular weight is 395 g/mol. The van der Waals surface area contributed by atoms with Crippen molar-refractivity contribution >= 4 is 11.8 Å². The summed E-state index contributed by atoms with van der Waals surface area (Å²) in [4.78, 5) is 28.0. The number of rotatable bonds is 9. The normalized spacial score (nSPS) is 13.9. The Labute approximate surface area is 173 Å². The fraction of sp³-hybridized carbons (Fsp3) is 0.417. The van der Waals surface area contributed by atoms with Gasteiger partial charge in [-0.15, -0.1) is 0 Å². The molecule has 1 fully saturated rings. The Balaban J connectivity index is 1.63. The second-order valence-corrected chi connectivity index (χ2v) is 7.70. The molecule has 0 aliphatic carbocycles. The molecule has 154 valence electrons. The van der Waals surface area contributed by atoms with Crippen LogP contribution >= 0.6 is 0 Å². The van der Waals surface area contributed by atoms with Gasteiger partial charge in [0.15, 0.2) is 0 Å². The van der Waals surface area contributed by atoms with Gasteiger partial charge in [0.2, 0.25) is 5.91 Å². The van der Waals surface area contributed by atoms with Crippen LogP contribution in [0, 0.1) is 0 Å². The third-order valence-corrected chi connectivity index (χ3v) is 5.73. The summed E-state index contributed by atoms with van der Waals surface area (Å²) >= 11 is 0. The first-order valence-corrected chi connectivity index (χ1v) is 10.7. The summed E-state index contributed by atoms with van der Waals surface area (Å²) in [6, 6.07) is 15.9. The molecule has 2 aromatic rings. The SMILES string of the molecule is CC[NH+](CC)Cc1ccccc1CNC(=O)c1cccc(CN2CCCC2=O)c1. The monoisotopic (exact) mass is 394 g/mol. The van der Waals surface area contributed by atoms with Gasteiger partial charge in [-0.1, -0.05) is 36.4 Å². The van der Waals surface area contributed by atoms with Crippen molar-refractivity contribution < 1.29 is 14.5 Å². The fourth-order valence-corrected chi connectivity index (χ4v) is 3.85. The number of hydrogen-bond acceptors (Lipinski definition) is 2. The lowest BCUT2D eigenvalue weighted by molar-refractivity contribution is -0.910. The van der Waals surface area contributed by atoms with Gasteiger partial charge in [0.1, 0.15) is 6.54 Å². The number of nitrogens with one attached hydrogen (secondary N) is 2. The van der Waals surface area contributed by atoms with E-state index in [-0.39, 0.29) is 11.8 Å². The average Bonchev–Trinajstić information content (AvgIpc) is 3.15. The summed E-state index contributed by atoms with van der Waals surface area (Å²) in [5.74, 6) is 0.122. The van der Waals surface area contributed by atoms with Crippen molar-refractivity contribution in [3.05, 3.63) is 70.8 Å². The fourth-order valence-electron chi connectivity index (χ4n) is 3.85. The van der Waals surface area contributed by atoms with E-state index in [2.05, 4.69) is 37.4 Å². The van der Waals surface area contributed by atoms with Gasteiger partial charge in [0.05, 0.1) is 13.1 Å². The van der Waals surface area contributed by atoms with Crippen molar-refractivity contribution in [2.24, 2.45) is 0 Å². The molecule has 2 amide bonds. The van der Waals surface area contributed by atoms with E-state index in [4.69, 9.17) is 0 Å². The van der Waals surface area contributed by atoms with Crippen LogP contribution in [0.2, 0.25) is 0 Å². The summed E-state index contributed by atoms with van der Waals surface area (Å²) in [6.45, 7) is 9.45. The highest BCUT2D eigenvalue weighted by Gasteiger charge is 2.20. The molecule has 1 aliphatic heterocycles. The number of nitrogens with zero attached hydrogens (tertiary/aromatic N) is 1. The maximum absolute atomic E-state index is 12.7. The van der Waals surface area contributed by atoms with Crippen LogP contribution in [0.25, 0.3) is 0 Å².